The summed E-state index contributed by atoms with van der Waals surface area (Å²) in [6.45, 7) is 7.86. The van der Waals surface area contributed by atoms with Gasteiger partial charge in [0.05, 0.1) is 0 Å². The van der Waals surface area contributed by atoms with E-state index in [1.807, 2.05) is 18.2 Å². The molecule has 0 fully saturated rings. The van der Waals surface area contributed by atoms with Gasteiger partial charge in [-0.3, -0.25) is 20.0 Å². The molecule has 1 aromatic heterocycles. The first-order chi connectivity index (χ1) is 14.4. The number of aromatic amines is 1. The number of ether oxygens (including phenoxy) is 1. The first-order valence-electron chi connectivity index (χ1n) is 10.1. The molecule has 4 N–H and O–H groups in total. The number of H-pyrrole nitrogens is 1. The third-order valence-electron chi connectivity index (χ3n) is 5.22. The van der Waals surface area contributed by atoms with Crippen molar-refractivity contribution < 1.29 is 9.53 Å². The lowest BCUT2D eigenvalue weighted by Gasteiger charge is -2.18. The van der Waals surface area contributed by atoms with Crippen LogP contribution in [0.15, 0.2) is 48.5 Å². The SMILES string of the molecule is CCN(CC)Cc1ccc(COc2ccc3cc(C(=O)N(C)C(=N)N)[nH]c3c2)cc1. The summed E-state index contributed by atoms with van der Waals surface area (Å²) >= 11 is 0. The van der Waals surface area contributed by atoms with Crippen LogP contribution in [0.1, 0.15) is 35.5 Å². The van der Waals surface area contributed by atoms with Crippen LogP contribution in [0.5, 0.6) is 5.75 Å². The average Bonchev–Trinajstić information content (AvgIpc) is 3.19. The van der Waals surface area contributed by atoms with Gasteiger partial charge in [0.15, 0.2) is 5.96 Å². The molecular weight excluding hydrogens is 378 g/mol. The Balaban J connectivity index is 1.65. The van der Waals surface area contributed by atoms with Gasteiger partial charge in [0.1, 0.15) is 18.1 Å². The van der Waals surface area contributed by atoms with E-state index in [4.69, 9.17) is 15.9 Å². The fourth-order valence-electron chi connectivity index (χ4n) is 3.21. The molecule has 158 valence electrons. The van der Waals surface area contributed by atoms with E-state index in [9.17, 15) is 4.79 Å². The Morgan fingerprint density at radius 3 is 2.37 bits per heavy atom. The summed E-state index contributed by atoms with van der Waals surface area (Å²) in [4.78, 5) is 18.9. The van der Waals surface area contributed by atoms with E-state index >= 15 is 0 Å². The van der Waals surface area contributed by atoms with E-state index in [1.54, 1.807) is 6.07 Å². The Morgan fingerprint density at radius 2 is 1.73 bits per heavy atom. The monoisotopic (exact) mass is 407 g/mol. The quantitative estimate of drug-likeness (QED) is 0.393. The number of carbonyl (C=O) groups excluding carboxylic acids is 1. The zero-order valence-electron chi connectivity index (χ0n) is 17.7. The van der Waals surface area contributed by atoms with Crippen LogP contribution < -0.4 is 10.5 Å². The fraction of sp³-hybridized carbons (Fsp3) is 0.304. The van der Waals surface area contributed by atoms with Crippen LogP contribution >= 0.6 is 0 Å². The minimum Gasteiger partial charge on any atom is -0.489 e. The van der Waals surface area contributed by atoms with Crippen molar-refractivity contribution in [3.05, 3.63) is 65.4 Å². The van der Waals surface area contributed by atoms with Crippen LogP contribution in [0.2, 0.25) is 0 Å². The predicted octanol–water partition coefficient (Wildman–Crippen LogP) is 3.55. The standard InChI is InChI=1S/C23H29N5O2/c1-4-28(5-2)14-16-6-8-17(9-7-16)15-30-19-11-10-18-12-21(26-20(18)13-19)22(29)27(3)23(24)25/h6-13,26H,4-5,14-15H2,1-3H3,(H3,24,25). The Morgan fingerprint density at radius 1 is 1.07 bits per heavy atom. The van der Waals surface area contributed by atoms with Crippen molar-refractivity contribution in [3.8, 4) is 5.75 Å². The van der Waals surface area contributed by atoms with Crippen molar-refractivity contribution in [2.24, 2.45) is 5.73 Å². The number of guanidine groups is 1. The minimum absolute atomic E-state index is 0.300. The molecule has 7 heteroatoms. The van der Waals surface area contributed by atoms with Crippen LogP contribution in [0, 0.1) is 5.41 Å². The number of hydrogen-bond acceptors (Lipinski definition) is 4. The number of benzene rings is 2. The molecule has 0 saturated carbocycles. The maximum atomic E-state index is 12.3. The van der Waals surface area contributed by atoms with E-state index in [0.717, 1.165) is 46.8 Å². The number of carbonyl (C=O) groups is 1. The van der Waals surface area contributed by atoms with E-state index in [2.05, 4.69) is 48.0 Å². The van der Waals surface area contributed by atoms with Crippen LogP contribution in [-0.2, 0) is 13.2 Å². The second kappa shape index (κ2) is 9.45. The van der Waals surface area contributed by atoms with Gasteiger partial charge < -0.3 is 15.5 Å². The summed E-state index contributed by atoms with van der Waals surface area (Å²) in [5.74, 6) is 0.0623. The van der Waals surface area contributed by atoms with Crippen molar-refractivity contribution >= 4 is 22.8 Å². The average molecular weight is 408 g/mol. The molecule has 0 aliphatic heterocycles. The molecule has 0 aliphatic carbocycles. The van der Waals surface area contributed by atoms with Crippen molar-refractivity contribution in [2.75, 3.05) is 20.1 Å². The molecule has 0 spiro atoms. The summed E-state index contributed by atoms with van der Waals surface area (Å²) in [7, 11) is 1.47. The number of fused-ring (bicyclic) bond motifs is 1. The first-order valence-corrected chi connectivity index (χ1v) is 10.1. The van der Waals surface area contributed by atoms with E-state index in [-0.39, 0.29) is 11.9 Å². The van der Waals surface area contributed by atoms with Crippen molar-refractivity contribution in [1.82, 2.24) is 14.8 Å². The molecule has 3 rings (SSSR count). The molecule has 0 atom stereocenters. The third-order valence-corrected chi connectivity index (χ3v) is 5.22. The largest absolute Gasteiger partial charge is 0.489 e. The zero-order valence-corrected chi connectivity index (χ0v) is 17.7. The summed E-state index contributed by atoms with van der Waals surface area (Å²) in [5.41, 5.74) is 8.95. The van der Waals surface area contributed by atoms with Gasteiger partial charge in [0, 0.05) is 30.6 Å². The fourth-order valence-corrected chi connectivity index (χ4v) is 3.21. The number of hydrogen-bond donors (Lipinski definition) is 3. The van der Waals surface area contributed by atoms with Crippen molar-refractivity contribution in [1.29, 1.82) is 5.41 Å². The van der Waals surface area contributed by atoms with Crippen LogP contribution in [0.25, 0.3) is 10.9 Å². The van der Waals surface area contributed by atoms with Crippen LogP contribution in [-0.4, -0.2) is 46.8 Å². The highest BCUT2D eigenvalue weighted by Gasteiger charge is 2.16. The smallest absolute Gasteiger partial charge is 0.276 e. The second-order valence-electron chi connectivity index (χ2n) is 7.25. The Labute approximate surface area is 176 Å². The van der Waals surface area contributed by atoms with E-state index in [0.29, 0.717) is 12.3 Å². The Bertz CT molecular complexity index is 1020. The zero-order chi connectivity index (χ0) is 21.7. The van der Waals surface area contributed by atoms with Gasteiger partial charge in [0.25, 0.3) is 5.91 Å². The Kier molecular flexibility index (Phi) is 6.74. The molecule has 1 heterocycles. The summed E-state index contributed by atoms with van der Waals surface area (Å²) in [5, 5.41) is 8.29. The van der Waals surface area contributed by atoms with Crippen molar-refractivity contribution in [2.45, 2.75) is 27.0 Å². The molecule has 1 amide bonds. The molecule has 0 bridgehead atoms. The van der Waals surface area contributed by atoms with Crippen LogP contribution in [0.3, 0.4) is 0 Å². The molecule has 0 unspecified atom stereocenters. The topological polar surface area (TPSA) is 98.4 Å². The van der Waals surface area contributed by atoms with Crippen molar-refractivity contribution in [3.63, 3.8) is 0 Å². The molecule has 2 aromatic carbocycles. The number of rotatable bonds is 8. The highest BCUT2D eigenvalue weighted by Crippen LogP contribution is 2.23. The summed E-state index contributed by atoms with van der Waals surface area (Å²) in [6, 6.07) is 15.9. The van der Waals surface area contributed by atoms with Gasteiger partial charge in [-0.2, -0.15) is 0 Å². The maximum Gasteiger partial charge on any atom is 0.276 e. The van der Waals surface area contributed by atoms with Gasteiger partial charge in [0.2, 0.25) is 0 Å². The lowest BCUT2D eigenvalue weighted by Crippen LogP contribution is -2.38. The van der Waals surface area contributed by atoms with Gasteiger partial charge in [-0.15, -0.1) is 0 Å². The Hall–Kier alpha value is -3.32. The molecule has 0 saturated heterocycles. The molecular formula is C23H29N5O2. The number of nitrogens with zero attached hydrogens (tertiary/aromatic N) is 2. The molecule has 7 nitrogen and oxygen atoms in total. The van der Waals surface area contributed by atoms with Gasteiger partial charge in [-0.05, 0) is 42.4 Å². The molecule has 0 radical (unpaired) electrons. The minimum atomic E-state index is -0.356. The molecule has 3 aromatic rings. The number of aromatic nitrogens is 1. The van der Waals surface area contributed by atoms with Gasteiger partial charge in [-0.25, -0.2) is 0 Å². The van der Waals surface area contributed by atoms with E-state index < -0.39 is 0 Å². The summed E-state index contributed by atoms with van der Waals surface area (Å²) < 4.78 is 5.94. The summed E-state index contributed by atoms with van der Waals surface area (Å²) in [6.07, 6.45) is 0. The maximum absolute atomic E-state index is 12.3. The first kappa shape index (κ1) is 21.4. The third kappa shape index (κ3) is 4.99. The number of nitrogens with two attached hydrogens (primary N) is 1. The number of nitrogens with one attached hydrogen (secondary N) is 2. The highest BCUT2D eigenvalue weighted by atomic mass is 16.5. The normalized spacial score (nSPS) is 11.1. The lowest BCUT2D eigenvalue weighted by molar-refractivity contribution is 0.0864. The van der Waals surface area contributed by atoms with E-state index in [1.165, 1.54) is 12.6 Å². The van der Waals surface area contributed by atoms with Gasteiger partial charge in [-0.1, -0.05) is 38.1 Å². The predicted molar refractivity (Wildman–Crippen MR) is 120 cm³/mol. The second-order valence-corrected chi connectivity index (χ2v) is 7.25. The highest BCUT2D eigenvalue weighted by molar-refractivity contribution is 6.05. The van der Waals surface area contributed by atoms with Crippen LogP contribution in [0.4, 0.5) is 0 Å². The molecule has 0 aliphatic rings. The number of amides is 1. The van der Waals surface area contributed by atoms with Gasteiger partial charge >= 0.3 is 0 Å². The lowest BCUT2D eigenvalue weighted by atomic mass is 10.1. The molecule has 30 heavy (non-hydrogen) atoms.